The van der Waals surface area contributed by atoms with E-state index in [1.807, 2.05) is 0 Å². The highest BCUT2D eigenvalue weighted by molar-refractivity contribution is 6.77. The van der Waals surface area contributed by atoms with Gasteiger partial charge in [0.2, 0.25) is 0 Å². The molecule has 0 aliphatic carbocycles. The van der Waals surface area contributed by atoms with Crippen LogP contribution in [0.2, 0.25) is 16.6 Å². The molecule has 0 spiro atoms. The van der Waals surface area contributed by atoms with Gasteiger partial charge in [-0.25, -0.2) is 4.79 Å². The van der Waals surface area contributed by atoms with Gasteiger partial charge in [-0.05, 0) is 28.8 Å². The summed E-state index contributed by atoms with van der Waals surface area (Å²) in [6.45, 7) is 14.9. The predicted molar refractivity (Wildman–Crippen MR) is 130 cm³/mol. The van der Waals surface area contributed by atoms with Crippen molar-refractivity contribution < 1.29 is 18.7 Å². The fourth-order valence-corrected chi connectivity index (χ4v) is 11.0. The number of carbonyl (C=O) groups excluding carboxylic acids is 1. The van der Waals surface area contributed by atoms with E-state index in [1.165, 1.54) is 11.5 Å². The van der Waals surface area contributed by atoms with Crippen molar-refractivity contribution in [2.75, 3.05) is 6.61 Å². The molecule has 182 valence electrons. The first-order valence-electron chi connectivity index (χ1n) is 11.7. The van der Waals surface area contributed by atoms with E-state index in [0.717, 1.165) is 0 Å². The Morgan fingerprint density at radius 1 is 1.12 bits per heavy atom. The van der Waals surface area contributed by atoms with Crippen molar-refractivity contribution in [3.8, 4) is 0 Å². The van der Waals surface area contributed by atoms with Gasteiger partial charge in [-0.3, -0.25) is 19.1 Å². The van der Waals surface area contributed by atoms with Gasteiger partial charge in [0.05, 0.1) is 17.5 Å². The van der Waals surface area contributed by atoms with Gasteiger partial charge in [0.1, 0.15) is 18.4 Å². The lowest BCUT2D eigenvalue weighted by Crippen LogP contribution is -2.50. The number of benzene rings is 1. The lowest BCUT2D eigenvalue weighted by molar-refractivity contribution is -0.150. The van der Waals surface area contributed by atoms with Gasteiger partial charge in [0, 0.05) is 13.3 Å². The summed E-state index contributed by atoms with van der Waals surface area (Å²) in [4.78, 5) is 39.2. The number of aromatic nitrogens is 2. The zero-order valence-electron chi connectivity index (χ0n) is 20.6. The first-order valence-corrected chi connectivity index (χ1v) is 13.8. The van der Waals surface area contributed by atoms with E-state index in [-0.39, 0.29) is 6.61 Å². The minimum atomic E-state index is -2.16. The fraction of sp³-hybridized carbons (Fsp3) is 0.625. The summed E-state index contributed by atoms with van der Waals surface area (Å²) in [7, 11) is -2.16. The molecule has 1 aromatic heterocycles. The topological polar surface area (TPSA) is 99.6 Å². The van der Waals surface area contributed by atoms with Crippen LogP contribution in [0.25, 0.3) is 10.9 Å². The molecule has 2 heterocycles. The molecule has 1 aliphatic heterocycles. The van der Waals surface area contributed by atoms with Crippen molar-refractivity contribution in [2.24, 2.45) is 0 Å². The molecule has 8 nitrogen and oxygen atoms in total. The quantitative estimate of drug-likeness (QED) is 0.455. The average Bonchev–Trinajstić information content (AvgIpc) is 3.09. The Bertz CT molecular complexity index is 1080. The Kier molecular flexibility index (Phi) is 7.65. The Labute approximate surface area is 195 Å². The molecule has 0 saturated carbocycles. The van der Waals surface area contributed by atoms with E-state index in [2.05, 4.69) is 46.5 Å². The van der Waals surface area contributed by atoms with E-state index in [0.29, 0.717) is 33.9 Å². The van der Waals surface area contributed by atoms with E-state index in [1.54, 1.807) is 24.3 Å². The maximum Gasteiger partial charge on any atom is 0.330 e. The number of H-pyrrole nitrogens is 1. The number of nitrogens with one attached hydrogen (secondary N) is 1. The third-order valence-corrected chi connectivity index (χ3v) is 12.9. The van der Waals surface area contributed by atoms with Crippen LogP contribution < -0.4 is 11.2 Å². The molecule has 1 aromatic carbocycles. The van der Waals surface area contributed by atoms with Gasteiger partial charge in [-0.15, -0.1) is 0 Å². The van der Waals surface area contributed by atoms with Crippen LogP contribution >= 0.6 is 0 Å². The van der Waals surface area contributed by atoms with Crippen LogP contribution in [-0.4, -0.2) is 42.7 Å². The standard InChI is InChI=1S/C24H36N2O6Si/c1-14(2)33(15(3)4,16(5)6)30-13-21-20(31-17(7)27)12-22(32-21)26-19-11-9-8-10-18(19)23(28)25-24(26)29/h8-11,14-16,20-22H,12-13H2,1-7H3,(H,25,28,29)/t20-,21+,22-/m0/s1. The van der Waals surface area contributed by atoms with Gasteiger partial charge in [-0.2, -0.15) is 0 Å². The molecule has 2 aromatic rings. The Hall–Kier alpha value is -2.23. The molecule has 3 rings (SSSR count). The molecular formula is C24H36N2O6Si. The van der Waals surface area contributed by atoms with Crippen LogP contribution in [0.1, 0.15) is 61.1 Å². The predicted octanol–water partition coefficient (Wildman–Crippen LogP) is 4.10. The smallest absolute Gasteiger partial charge is 0.330 e. The zero-order chi connectivity index (χ0) is 24.5. The molecule has 1 fully saturated rings. The highest BCUT2D eigenvalue weighted by Crippen LogP contribution is 2.43. The van der Waals surface area contributed by atoms with Crippen molar-refractivity contribution in [3.05, 3.63) is 45.1 Å². The molecule has 0 unspecified atom stereocenters. The monoisotopic (exact) mass is 476 g/mol. The number of nitrogens with zero attached hydrogens (tertiary/aromatic N) is 1. The third kappa shape index (κ3) is 4.85. The van der Waals surface area contributed by atoms with Crippen molar-refractivity contribution in [3.63, 3.8) is 0 Å². The van der Waals surface area contributed by atoms with Crippen LogP contribution in [-0.2, 0) is 18.7 Å². The van der Waals surface area contributed by atoms with Gasteiger partial charge >= 0.3 is 11.7 Å². The molecular weight excluding hydrogens is 440 g/mol. The van der Waals surface area contributed by atoms with Crippen LogP contribution in [0, 0.1) is 0 Å². The molecule has 1 saturated heterocycles. The normalized spacial score (nSPS) is 21.5. The van der Waals surface area contributed by atoms with Gasteiger partial charge in [0.25, 0.3) is 5.56 Å². The highest BCUT2D eigenvalue weighted by atomic mass is 28.4. The lowest BCUT2D eigenvalue weighted by atomic mass is 10.1. The first-order chi connectivity index (χ1) is 15.5. The summed E-state index contributed by atoms with van der Waals surface area (Å²) >= 11 is 0. The van der Waals surface area contributed by atoms with Gasteiger partial charge < -0.3 is 13.9 Å². The van der Waals surface area contributed by atoms with Crippen LogP contribution in [0.4, 0.5) is 0 Å². The van der Waals surface area contributed by atoms with Crippen LogP contribution in [0.15, 0.2) is 33.9 Å². The number of hydrogen-bond acceptors (Lipinski definition) is 6. The number of para-hydroxylation sites is 1. The maximum absolute atomic E-state index is 12.8. The second-order valence-electron chi connectivity index (χ2n) is 9.79. The van der Waals surface area contributed by atoms with Crippen molar-refractivity contribution in [2.45, 2.75) is 89.9 Å². The molecule has 3 atom stereocenters. The Morgan fingerprint density at radius 3 is 2.30 bits per heavy atom. The molecule has 0 bridgehead atoms. The Morgan fingerprint density at radius 2 is 1.73 bits per heavy atom. The summed E-state index contributed by atoms with van der Waals surface area (Å²) in [5.74, 6) is -0.409. The average molecular weight is 477 g/mol. The number of carbonyl (C=O) groups is 1. The van der Waals surface area contributed by atoms with Crippen LogP contribution in [0.3, 0.4) is 0 Å². The first kappa shape index (κ1) is 25.4. The number of rotatable bonds is 8. The second-order valence-corrected chi connectivity index (χ2v) is 15.2. The van der Waals surface area contributed by atoms with Crippen LogP contribution in [0.5, 0.6) is 0 Å². The second kappa shape index (κ2) is 9.95. The number of aromatic amines is 1. The van der Waals surface area contributed by atoms with E-state index in [4.69, 9.17) is 13.9 Å². The van der Waals surface area contributed by atoms with E-state index in [9.17, 15) is 14.4 Å². The molecule has 0 radical (unpaired) electrons. The molecule has 1 aliphatic rings. The summed E-state index contributed by atoms with van der Waals surface area (Å²) in [5.41, 5.74) is 0.674. The molecule has 33 heavy (non-hydrogen) atoms. The summed E-state index contributed by atoms with van der Waals surface area (Å²) < 4.78 is 20.0. The molecule has 1 N–H and O–H groups in total. The summed E-state index contributed by atoms with van der Waals surface area (Å²) in [5, 5.41) is 0.398. The van der Waals surface area contributed by atoms with E-state index >= 15 is 0 Å². The summed E-state index contributed by atoms with van der Waals surface area (Å²) in [6, 6.07) is 6.89. The fourth-order valence-electron chi connectivity index (χ4n) is 5.57. The SMILES string of the molecule is CC(=O)O[C@H]1C[C@@H](n2c(=O)[nH]c(=O)c3ccccc32)O[C@@H]1CO[Si](C(C)C)(C(C)C)C(C)C. The van der Waals surface area contributed by atoms with Gasteiger partial charge in [0.15, 0.2) is 8.32 Å². The van der Waals surface area contributed by atoms with Gasteiger partial charge in [-0.1, -0.05) is 53.7 Å². The maximum atomic E-state index is 12.8. The number of ether oxygens (including phenoxy) is 2. The number of fused-ring (bicyclic) bond motifs is 1. The minimum absolute atomic E-state index is 0.283. The largest absolute Gasteiger partial charge is 0.460 e. The Balaban J connectivity index is 1.95. The zero-order valence-corrected chi connectivity index (χ0v) is 21.6. The van der Waals surface area contributed by atoms with Crippen molar-refractivity contribution >= 4 is 25.2 Å². The number of esters is 1. The molecule has 0 amide bonds. The minimum Gasteiger partial charge on any atom is -0.460 e. The van der Waals surface area contributed by atoms with E-state index < -0.39 is 44.0 Å². The number of hydrogen-bond donors (Lipinski definition) is 1. The highest BCUT2D eigenvalue weighted by Gasteiger charge is 2.47. The summed E-state index contributed by atoms with van der Waals surface area (Å²) in [6.07, 6.45) is -1.46. The third-order valence-electron chi connectivity index (χ3n) is 6.84. The van der Waals surface area contributed by atoms with Crippen molar-refractivity contribution in [1.82, 2.24) is 9.55 Å². The molecule has 9 heteroatoms. The lowest BCUT2D eigenvalue weighted by Gasteiger charge is -2.42. The van der Waals surface area contributed by atoms with Crippen molar-refractivity contribution in [1.29, 1.82) is 0 Å².